The van der Waals surface area contributed by atoms with Crippen molar-refractivity contribution in [3.63, 3.8) is 0 Å². The number of aromatic amines is 1. The summed E-state index contributed by atoms with van der Waals surface area (Å²) >= 11 is 1.06. The Balaban J connectivity index is 2.24. The van der Waals surface area contributed by atoms with Gasteiger partial charge in [0.1, 0.15) is 9.90 Å². The average Bonchev–Trinajstić information content (AvgIpc) is 2.85. The molecule has 0 aliphatic rings. The van der Waals surface area contributed by atoms with E-state index in [1.165, 1.54) is 6.07 Å². The Hall–Kier alpha value is -1.87. The van der Waals surface area contributed by atoms with Gasteiger partial charge in [0.2, 0.25) is 0 Å². The van der Waals surface area contributed by atoms with Crippen LogP contribution < -0.4 is 4.72 Å². The Morgan fingerprint density at radius 2 is 2.29 bits per heavy atom. The van der Waals surface area contributed by atoms with Crippen LogP contribution in [0.2, 0.25) is 0 Å². The Morgan fingerprint density at radius 3 is 2.82 bits per heavy atom. The van der Waals surface area contributed by atoms with Crippen molar-refractivity contribution in [2.75, 3.05) is 4.72 Å². The number of sulfonamides is 1. The lowest BCUT2D eigenvalue weighted by atomic mass is 10.4. The van der Waals surface area contributed by atoms with Gasteiger partial charge in [-0.1, -0.05) is 6.07 Å². The second-order valence-electron chi connectivity index (χ2n) is 3.01. The molecule has 0 aliphatic heterocycles. The highest BCUT2D eigenvalue weighted by molar-refractivity contribution is 7.94. The Bertz CT molecular complexity index is 630. The van der Waals surface area contributed by atoms with Crippen LogP contribution in [-0.4, -0.2) is 29.7 Å². The Morgan fingerprint density at radius 1 is 1.53 bits per heavy atom. The lowest BCUT2D eigenvalue weighted by Gasteiger charge is -2.01. The Labute approximate surface area is 100 Å². The molecule has 0 bridgehead atoms. The summed E-state index contributed by atoms with van der Waals surface area (Å²) in [6, 6.07) is 4.15. The van der Waals surface area contributed by atoms with Crippen LogP contribution in [-0.2, 0) is 10.0 Å². The summed E-state index contributed by atoms with van der Waals surface area (Å²) in [7, 11) is -3.69. The van der Waals surface area contributed by atoms with Crippen LogP contribution in [0.3, 0.4) is 0 Å². The Kier molecular flexibility index (Phi) is 2.86. The number of hydrogen-bond donors (Lipinski definition) is 3. The number of carboxylic acids is 1. The summed E-state index contributed by atoms with van der Waals surface area (Å²) < 4.78 is 25.8. The summed E-state index contributed by atoms with van der Waals surface area (Å²) in [5.41, 5.74) is -0.186. The topological polar surface area (TPSA) is 112 Å². The number of aromatic nitrogens is 2. The largest absolute Gasteiger partial charge is 0.477 e. The number of carbonyl (C=O) groups is 1. The number of carboxylic acid groups (broad SMARTS) is 1. The summed E-state index contributed by atoms with van der Waals surface area (Å²) in [6.45, 7) is 0. The van der Waals surface area contributed by atoms with E-state index >= 15 is 0 Å². The maximum atomic E-state index is 11.7. The first-order chi connectivity index (χ1) is 7.99. The second kappa shape index (κ2) is 4.18. The van der Waals surface area contributed by atoms with Crippen LogP contribution in [0, 0.1) is 0 Å². The monoisotopic (exact) mass is 273 g/mol. The van der Waals surface area contributed by atoms with Gasteiger partial charge in [-0.15, -0.1) is 11.3 Å². The van der Waals surface area contributed by atoms with Gasteiger partial charge in [-0.2, -0.15) is 5.10 Å². The highest BCUT2D eigenvalue weighted by Gasteiger charge is 2.17. The molecule has 0 saturated carbocycles. The molecule has 0 radical (unpaired) electrons. The second-order valence-corrected chi connectivity index (χ2v) is 5.87. The van der Waals surface area contributed by atoms with Crippen molar-refractivity contribution in [2.24, 2.45) is 0 Å². The lowest BCUT2D eigenvalue weighted by molar-refractivity contribution is 0.0690. The van der Waals surface area contributed by atoms with Gasteiger partial charge in [0.15, 0.2) is 5.82 Å². The molecule has 2 aromatic heterocycles. The number of nitrogens with one attached hydrogen (secondary N) is 2. The van der Waals surface area contributed by atoms with Gasteiger partial charge in [0.25, 0.3) is 10.0 Å². The van der Waals surface area contributed by atoms with Crippen molar-refractivity contribution in [1.82, 2.24) is 10.2 Å². The van der Waals surface area contributed by atoms with Gasteiger partial charge in [0, 0.05) is 6.07 Å². The molecule has 0 aromatic carbocycles. The van der Waals surface area contributed by atoms with Crippen molar-refractivity contribution in [2.45, 2.75) is 4.21 Å². The van der Waals surface area contributed by atoms with E-state index in [9.17, 15) is 13.2 Å². The molecule has 2 aromatic rings. The van der Waals surface area contributed by atoms with Crippen molar-refractivity contribution in [1.29, 1.82) is 0 Å². The van der Waals surface area contributed by atoms with Gasteiger partial charge in [0.05, 0.1) is 0 Å². The highest BCUT2D eigenvalue weighted by Crippen LogP contribution is 2.19. The van der Waals surface area contributed by atoms with E-state index in [0.717, 1.165) is 17.4 Å². The zero-order valence-corrected chi connectivity index (χ0v) is 9.88. The lowest BCUT2D eigenvalue weighted by Crippen LogP contribution is -2.11. The fourth-order valence-electron chi connectivity index (χ4n) is 1.09. The van der Waals surface area contributed by atoms with Crippen LogP contribution >= 0.6 is 11.3 Å². The quantitative estimate of drug-likeness (QED) is 0.768. The smallest absolute Gasteiger partial charge is 0.353 e. The third-order valence-corrected chi connectivity index (χ3v) is 4.56. The van der Waals surface area contributed by atoms with E-state index < -0.39 is 16.0 Å². The SMILES string of the molecule is O=C(O)c1cc(NS(=O)(=O)c2cccs2)n[nH]1. The molecule has 17 heavy (non-hydrogen) atoms. The van der Waals surface area contributed by atoms with Crippen molar-refractivity contribution >= 4 is 33.1 Å². The number of hydrogen-bond acceptors (Lipinski definition) is 5. The van der Waals surface area contributed by atoms with Crippen LogP contribution in [0.1, 0.15) is 10.5 Å². The van der Waals surface area contributed by atoms with Crippen LogP contribution in [0.5, 0.6) is 0 Å². The van der Waals surface area contributed by atoms with E-state index in [2.05, 4.69) is 14.9 Å². The summed E-state index contributed by atoms with van der Waals surface area (Å²) in [4.78, 5) is 10.6. The van der Waals surface area contributed by atoms with Crippen LogP contribution in [0.15, 0.2) is 27.8 Å². The number of thiophene rings is 1. The van der Waals surface area contributed by atoms with Crippen LogP contribution in [0.4, 0.5) is 5.82 Å². The molecule has 0 amide bonds. The molecular formula is C8H7N3O4S2. The van der Waals surface area contributed by atoms with Crippen molar-refractivity contribution in [3.8, 4) is 0 Å². The minimum Gasteiger partial charge on any atom is -0.477 e. The van der Waals surface area contributed by atoms with Gasteiger partial charge in [-0.25, -0.2) is 13.2 Å². The number of rotatable bonds is 4. The minimum atomic E-state index is -3.69. The number of anilines is 1. The molecule has 0 fully saturated rings. The molecule has 7 nitrogen and oxygen atoms in total. The molecule has 3 N–H and O–H groups in total. The molecule has 90 valence electrons. The molecule has 0 spiro atoms. The van der Waals surface area contributed by atoms with Crippen molar-refractivity contribution < 1.29 is 18.3 Å². The fourth-order valence-corrected chi connectivity index (χ4v) is 3.07. The number of aromatic carboxylic acids is 1. The normalized spacial score (nSPS) is 11.3. The molecule has 0 aliphatic carbocycles. The highest BCUT2D eigenvalue weighted by atomic mass is 32.2. The molecule has 0 saturated heterocycles. The zero-order chi connectivity index (χ0) is 12.5. The molecule has 9 heteroatoms. The van der Waals surface area contributed by atoms with Crippen LogP contribution in [0.25, 0.3) is 0 Å². The predicted octanol–water partition coefficient (Wildman–Crippen LogP) is 0.970. The van der Waals surface area contributed by atoms with E-state index in [-0.39, 0.29) is 15.7 Å². The summed E-state index contributed by atoms with van der Waals surface area (Å²) in [5.74, 6) is -1.27. The van der Waals surface area contributed by atoms with Crippen molar-refractivity contribution in [3.05, 3.63) is 29.3 Å². The standard InChI is InChI=1S/C8H7N3O4S2/c12-8(13)5-4-6(10-9-5)11-17(14,15)7-2-1-3-16-7/h1-4H,(H,12,13)(H2,9,10,11). The minimum absolute atomic E-state index is 0.0594. The average molecular weight is 273 g/mol. The number of H-pyrrole nitrogens is 1. The fraction of sp³-hybridized carbons (Fsp3) is 0. The maximum Gasteiger partial charge on any atom is 0.353 e. The van der Waals surface area contributed by atoms with Gasteiger partial charge in [-0.3, -0.25) is 9.82 Å². The van der Waals surface area contributed by atoms with E-state index in [4.69, 9.17) is 5.11 Å². The maximum absolute atomic E-state index is 11.7. The third-order valence-electron chi connectivity index (χ3n) is 1.81. The third kappa shape index (κ3) is 2.45. The van der Waals surface area contributed by atoms with E-state index in [1.807, 2.05) is 0 Å². The van der Waals surface area contributed by atoms with E-state index in [1.54, 1.807) is 11.4 Å². The summed E-state index contributed by atoms with van der Waals surface area (Å²) in [6.07, 6.45) is 0. The first-order valence-corrected chi connectivity index (χ1v) is 6.70. The van der Waals surface area contributed by atoms with E-state index in [0.29, 0.717) is 0 Å². The molecule has 0 atom stereocenters. The zero-order valence-electron chi connectivity index (χ0n) is 8.25. The van der Waals surface area contributed by atoms with Gasteiger partial charge < -0.3 is 5.11 Å². The number of nitrogens with zero attached hydrogens (tertiary/aromatic N) is 1. The molecule has 0 unspecified atom stereocenters. The summed E-state index contributed by atoms with van der Waals surface area (Å²) in [5, 5.41) is 16.0. The van der Waals surface area contributed by atoms with Gasteiger partial charge in [-0.05, 0) is 11.4 Å². The predicted molar refractivity (Wildman–Crippen MR) is 60.7 cm³/mol. The molecule has 2 rings (SSSR count). The van der Waals surface area contributed by atoms with Gasteiger partial charge >= 0.3 is 5.97 Å². The molecule has 2 heterocycles. The first kappa shape index (κ1) is 11.6. The first-order valence-electron chi connectivity index (χ1n) is 4.34. The molecular weight excluding hydrogens is 266 g/mol.